The van der Waals surface area contributed by atoms with Crippen LogP contribution in [-0.2, 0) is 0 Å². The number of aromatic nitrogens is 3. The predicted molar refractivity (Wildman–Crippen MR) is 95.7 cm³/mol. The normalized spacial score (nSPS) is 10.9. The summed E-state index contributed by atoms with van der Waals surface area (Å²) in [6, 6.07) is 20.2. The van der Waals surface area contributed by atoms with E-state index in [9.17, 15) is 10.1 Å². The van der Waals surface area contributed by atoms with E-state index >= 15 is 0 Å². The fraction of sp³-hybridized carbons (Fsp3) is 0.0526. The average molecular weight is 330 g/mol. The summed E-state index contributed by atoms with van der Waals surface area (Å²) < 4.78 is 0. The molecule has 0 saturated heterocycles. The molecule has 0 amide bonds. The summed E-state index contributed by atoms with van der Waals surface area (Å²) in [4.78, 5) is 12.4. The number of rotatable bonds is 3. The molecule has 0 atom stereocenters. The van der Waals surface area contributed by atoms with Crippen molar-refractivity contribution in [2.45, 2.75) is 6.92 Å². The van der Waals surface area contributed by atoms with Gasteiger partial charge in [0.05, 0.1) is 21.7 Å². The van der Waals surface area contributed by atoms with Crippen molar-refractivity contribution in [2.75, 3.05) is 0 Å². The lowest BCUT2D eigenvalue weighted by Crippen LogP contribution is -2.01. The first-order valence-electron chi connectivity index (χ1n) is 7.81. The van der Waals surface area contributed by atoms with Gasteiger partial charge in [-0.3, -0.25) is 10.1 Å². The maximum absolute atomic E-state index is 11.3. The summed E-state index contributed by atoms with van der Waals surface area (Å²) in [5.41, 5.74) is 3.37. The molecule has 1 aromatic heterocycles. The van der Waals surface area contributed by atoms with Gasteiger partial charge in [-0.2, -0.15) is 9.90 Å². The fourth-order valence-electron chi connectivity index (χ4n) is 2.95. The van der Waals surface area contributed by atoms with E-state index in [1.807, 2.05) is 49.4 Å². The highest BCUT2D eigenvalue weighted by molar-refractivity contribution is 5.96. The van der Waals surface area contributed by atoms with Crippen LogP contribution in [0.25, 0.3) is 27.7 Å². The molecule has 0 saturated carbocycles. The first-order valence-corrected chi connectivity index (χ1v) is 7.81. The molecule has 0 radical (unpaired) electrons. The molecule has 0 unspecified atom stereocenters. The average Bonchev–Trinajstić information content (AvgIpc) is 3.03. The number of hydrogen-bond donors (Lipinski definition) is 0. The Morgan fingerprint density at radius 2 is 1.56 bits per heavy atom. The second kappa shape index (κ2) is 5.83. The van der Waals surface area contributed by atoms with Gasteiger partial charge in [-0.25, -0.2) is 0 Å². The van der Waals surface area contributed by atoms with Gasteiger partial charge in [0.2, 0.25) is 0 Å². The zero-order valence-corrected chi connectivity index (χ0v) is 13.5. The summed E-state index contributed by atoms with van der Waals surface area (Å²) in [5.74, 6) is 0. The molecule has 0 bridgehead atoms. The fourth-order valence-corrected chi connectivity index (χ4v) is 2.95. The number of nitro groups is 1. The molecule has 0 aliphatic heterocycles. The Bertz CT molecular complexity index is 1090. The van der Waals surface area contributed by atoms with E-state index in [2.05, 4.69) is 10.2 Å². The van der Waals surface area contributed by atoms with Crippen molar-refractivity contribution >= 4 is 16.5 Å². The highest BCUT2D eigenvalue weighted by atomic mass is 16.6. The van der Waals surface area contributed by atoms with E-state index in [1.54, 1.807) is 23.0 Å². The van der Waals surface area contributed by atoms with Crippen molar-refractivity contribution < 1.29 is 4.92 Å². The predicted octanol–water partition coefficient (Wildman–Crippen LogP) is 4.30. The smallest absolute Gasteiger partial charge is 0.258 e. The van der Waals surface area contributed by atoms with Crippen LogP contribution in [0.2, 0.25) is 0 Å². The van der Waals surface area contributed by atoms with Crippen molar-refractivity contribution in [2.24, 2.45) is 0 Å². The van der Waals surface area contributed by atoms with Crippen molar-refractivity contribution in [1.29, 1.82) is 0 Å². The number of nitro benzene ring substituents is 1. The molecule has 6 nitrogen and oxygen atoms in total. The van der Waals surface area contributed by atoms with Crippen LogP contribution in [-0.4, -0.2) is 19.9 Å². The first-order chi connectivity index (χ1) is 12.1. The van der Waals surface area contributed by atoms with E-state index in [0.29, 0.717) is 11.1 Å². The monoisotopic (exact) mass is 330 g/mol. The zero-order valence-electron chi connectivity index (χ0n) is 13.5. The maximum Gasteiger partial charge on any atom is 0.277 e. The van der Waals surface area contributed by atoms with Gasteiger partial charge in [0.1, 0.15) is 5.69 Å². The molecule has 6 heteroatoms. The Balaban J connectivity index is 1.92. The van der Waals surface area contributed by atoms with Crippen molar-refractivity contribution in [3.63, 3.8) is 0 Å². The second-order valence-electron chi connectivity index (χ2n) is 5.70. The van der Waals surface area contributed by atoms with Crippen LogP contribution in [0.1, 0.15) is 5.69 Å². The molecule has 0 fully saturated rings. The van der Waals surface area contributed by atoms with Crippen molar-refractivity contribution in [3.05, 3.63) is 82.5 Å². The van der Waals surface area contributed by atoms with Crippen molar-refractivity contribution in [1.82, 2.24) is 15.0 Å². The largest absolute Gasteiger partial charge is 0.277 e. The van der Waals surface area contributed by atoms with Crippen LogP contribution in [0, 0.1) is 17.0 Å². The summed E-state index contributed by atoms with van der Waals surface area (Å²) in [6.07, 6.45) is 0. The molecular formula is C19H14N4O2. The van der Waals surface area contributed by atoms with Gasteiger partial charge in [-0.15, -0.1) is 5.10 Å². The highest BCUT2D eigenvalue weighted by Gasteiger charge is 2.17. The van der Waals surface area contributed by atoms with Crippen LogP contribution in [0.3, 0.4) is 0 Å². The van der Waals surface area contributed by atoms with Gasteiger partial charge in [0, 0.05) is 17.0 Å². The number of benzene rings is 3. The van der Waals surface area contributed by atoms with Gasteiger partial charge in [-0.1, -0.05) is 48.5 Å². The third-order valence-electron chi connectivity index (χ3n) is 4.12. The van der Waals surface area contributed by atoms with E-state index in [1.165, 1.54) is 6.07 Å². The minimum atomic E-state index is -0.372. The van der Waals surface area contributed by atoms with E-state index in [0.717, 1.165) is 22.3 Å². The van der Waals surface area contributed by atoms with Gasteiger partial charge in [0.25, 0.3) is 5.69 Å². The third kappa shape index (κ3) is 2.53. The van der Waals surface area contributed by atoms with Gasteiger partial charge in [-0.05, 0) is 19.1 Å². The van der Waals surface area contributed by atoms with Crippen LogP contribution < -0.4 is 0 Å². The minimum Gasteiger partial charge on any atom is -0.258 e. The Kier molecular flexibility index (Phi) is 3.50. The zero-order chi connectivity index (χ0) is 17.4. The maximum atomic E-state index is 11.3. The Hall–Kier alpha value is -3.54. The molecule has 0 aliphatic rings. The minimum absolute atomic E-state index is 0.0755. The Morgan fingerprint density at radius 1 is 0.880 bits per heavy atom. The Morgan fingerprint density at radius 3 is 2.28 bits per heavy atom. The van der Waals surface area contributed by atoms with E-state index in [-0.39, 0.29) is 10.6 Å². The van der Waals surface area contributed by atoms with Crippen molar-refractivity contribution in [3.8, 4) is 16.9 Å². The van der Waals surface area contributed by atoms with Crippen LogP contribution in [0.5, 0.6) is 0 Å². The van der Waals surface area contributed by atoms with Crippen LogP contribution >= 0.6 is 0 Å². The number of aryl methyl sites for hydroxylation is 1. The second-order valence-corrected chi connectivity index (χ2v) is 5.70. The summed E-state index contributed by atoms with van der Waals surface area (Å²) in [7, 11) is 0. The topological polar surface area (TPSA) is 73.8 Å². The summed E-state index contributed by atoms with van der Waals surface area (Å²) >= 11 is 0. The van der Waals surface area contributed by atoms with Crippen LogP contribution in [0.4, 0.5) is 5.69 Å². The van der Waals surface area contributed by atoms with Gasteiger partial charge in [0.15, 0.2) is 0 Å². The van der Waals surface area contributed by atoms with Crippen LogP contribution in [0.15, 0.2) is 66.7 Å². The molecular weight excluding hydrogens is 316 g/mol. The van der Waals surface area contributed by atoms with Gasteiger partial charge < -0.3 is 0 Å². The molecule has 1 heterocycles. The van der Waals surface area contributed by atoms with E-state index < -0.39 is 0 Å². The molecule has 122 valence electrons. The molecule has 3 aromatic carbocycles. The lowest BCUT2D eigenvalue weighted by atomic mass is 10.1. The number of fused-ring (bicyclic) bond motifs is 1. The molecule has 4 rings (SSSR count). The number of nitrogens with zero attached hydrogens (tertiary/aromatic N) is 4. The van der Waals surface area contributed by atoms with E-state index in [4.69, 9.17) is 0 Å². The highest BCUT2D eigenvalue weighted by Crippen LogP contribution is 2.30. The molecule has 25 heavy (non-hydrogen) atoms. The molecule has 4 aromatic rings. The third-order valence-corrected chi connectivity index (χ3v) is 4.12. The number of non-ortho nitro benzene ring substituents is 1. The summed E-state index contributed by atoms with van der Waals surface area (Å²) in [6.45, 7) is 1.90. The van der Waals surface area contributed by atoms with Gasteiger partial charge >= 0.3 is 0 Å². The molecule has 0 N–H and O–H groups in total. The first kappa shape index (κ1) is 15.0. The lowest BCUT2D eigenvalue weighted by Gasteiger charge is -2.06. The molecule has 0 spiro atoms. The Labute approximate surface area is 143 Å². The quantitative estimate of drug-likeness (QED) is 0.414. The standard InChI is InChI=1S/C19H14N4O2/c1-13-19(14-7-3-2-4-8-14)21-22(20-13)17-11-12-18(23(24)25)16-10-6-5-9-15(16)17/h2-12H,1H3. The number of hydrogen-bond acceptors (Lipinski definition) is 4. The summed E-state index contributed by atoms with van der Waals surface area (Å²) in [5, 5.41) is 21.7. The molecule has 0 aliphatic carbocycles. The lowest BCUT2D eigenvalue weighted by molar-refractivity contribution is -0.383. The SMILES string of the molecule is Cc1nn(-c2ccc([N+](=O)[O-])c3ccccc23)nc1-c1ccccc1.